The number of aryl methyl sites for hydroxylation is 2. The zero-order chi connectivity index (χ0) is 10.1. The highest BCUT2D eigenvalue weighted by Gasteiger charge is 2.26. The lowest BCUT2D eigenvalue weighted by Gasteiger charge is -2.16. The number of carbonyl (C=O) groups is 1. The molecule has 0 bridgehead atoms. The van der Waals surface area contributed by atoms with E-state index in [9.17, 15) is 4.79 Å². The number of thiazole rings is 1. The van der Waals surface area contributed by atoms with E-state index in [-0.39, 0.29) is 5.92 Å². The fraction of sp³-hybridized carbons (Fsp3) is 0.600. The molecule has 0 aromatic carbocycles. The van der Waals surface area contributed by atoms with Crippen LogP contribution >= 0.6 is 11.3 Å². The average molecular weight is 211 g/mol. The molecule has 76 valence electrons. The molecule has 0 aliphatic heterocycles. The van der Waals surface area contributed by atoms with Crippen LogP contribution in [-0.4, -0.2) is 16.1 Å². The summed E-state index contributed by atoms with van der Waals surface area (Å²) >= 11 is 1.68. The Morgan fingerprint density at radius 1 is 1.71 bits per heavy atom. The molecule has 0 saturated heterocycles. The molecule has 0 unspecified atom stereocenters. The van der Waals surface area contributed by atoms with Crippen LogP contribution < -0.4 is 0 Å². The number of hydrogen-bond acceptors (Lipinski definition) is 3. The molecule has 0 saturated carbocycles. The van der Waals surface area contributed by atoms with Crippen molar-refractivity contribution in [2.24, 2.45) is 5.92 Å². The first kappa shape index (κ1) is 9.65. The van der Waals surface area contributed by atoms with E-state index in [0.29, 0.717) is 6.42 Å². The Bertz CT molecular complexity index is 359. The van der Waals surface area contributed by atoms with E-state index in [1.54, 1.807) is 11.3 Å². The summed E-state index contributed by atoms with van der Waals surface area (Å²) in [5, 5.41) is 10.1. The Kier molecular flexibility index (Phi) is 2.54. The third kappa shape index (κ3) is 1.66. The van der Waals surface area contributed by atoms with Crippen molar-refractivity contribution in [3.63, 3.8) is 0 Å². The highest BCUT2D eigenvalue weighted by Crippen LogP contribution is 2.30. The second-order valence-electron chi connectivity index (χ2n) is 3.61. The maximum absolute atomic E-state index is 10.8. The maximum atomic E-state index is 10.8. The van der Waals surface area contributed by atoms with E-state index in [2.05, 4.69) is 11.9 Å². The van der Waals surface area contributed by atoms with E-state index < -0.39 is 5.97 Å². The third-order valence-electron chi connectivity index (χ3n) is 2.64. The first-order chi connectivity index (χ1) is 6.70. The highest BCUT2D eigenvalue weighted by molar-refractivity contribution is 7.11. The van der Waals surface area contributed by atoms with Gasteiger partial charge in [-0.2, -0.15) is 0 Å². The molecule has 4 heteroatoms. The Morgan fingerprint density at radius 2 is 2.50 bits per heavy atom. The van der Waals surface area contributed by atoms with Crippen LogP contribution in [0.1, 0.15) is 28.9 Å². The summed E-state index contributed by atoms with van der Waals surface area (Å²) in [4.78, 5) is 16.5. The lowest BCUT2D eigenvalue weighted by molar-refractivity contribution is -0.142. The summed E-state index contributed by atoms with van der Waals surface area (Å²) in [5.41, 5.74) is 1.14. The topological polar surface area (TPSA) is 50.2 Å². The van der Waals surface area contributed by atoms with Gasteiger partial charge in [0, 0.05) is 4.88 Å². The molecular weight excluding hydrogens is 198 g/mol. The standard InChI is InChI=1S/C10H13NO2S/c1-2-9-11-7-4-3-6(10(12)13)5-8(7)14-9/h6H,2-5H2,1H3,(H,12,13)/t6-/m0/s1. The quantitative estimate of drug-likeness (QED) is 0.812. The molecule has 3 nitrogen and oxygen atoms in total. The predicted molar refractivity (Wildman–Crippen MR) is 54.6 cm³/mol. The van der Waals surface area contributed by atoms with Crippen LogP contribution in [0.15, 0.2) is 0 Å². The summed E-state index contributed by atoms with van der Waals surface area (Å²) in [6.07, 6.45) is 3.22. The Labute approximate surface area is 86.8 Å². The second kappa shape index (κ2) is 3.69. The summed E-state index contributed by atoms with van der Waals surface area (Å²) in [6.45, 7) is 2.08. The van der Waals surface area contributed by atoms with Crippen molar-refractivity contribution in [1.29, 1.82) is 0 Å². The van der Waals surface area contributed by atoms with Gasteiger partial charge in [0.1, 0.15) is 0 Å². The Balaban J connectivity index is 2.21. The molecule has 1 aliphatic carbocycles. The first-order valence-corrected chi connectivity index (χ1v) is 5.72. The molecule has 14 heavy (non-hydrogen) atoms. The molecule has 0 amide bonds. The molecule has 1 atom stereocenters. The minimum atomic E-state index is -0.665. The molecule has 0 fully saturated rings. The number of aromatic nitrogens is 1. The molecule has 2 rings (SSSR count). The lowest BCUT2D eigenvalue weighted by Crippen LogP contribution is -2.21. The molecule has 0 radical (unpaired) electrons. The minimum Gasteiger partial charge on any atom is -0.481 e. The SMILES string of the molecule is CCc1nc2c(s1)C[C@@H](C(=O)O)CC2. The zero-order valence-corrected chi connectivity index (χ0v) is 8.93. The summed E-state index contributed by atoms with van der Waals surface area (Å²) in [5.74, 6) is -0.852. The van der Waals surface area contributed by atoms with Gasteiger partial charge in [0.25, 0.3) is 0 Å². The monoisotopic (exact) mass is 211 g/mol. The first-order valence-electron chi connectivity index (χ1n) is 4.91. The lowest BCUT2D eigenvalue weighted by atomic mass is 9.91. The number of aliphatic carboxylic acids is 1. The zero-order valence-electron chi connectivity index (χ0n) is 8.12. The summed E-state index contributed by atoms with van der Waals surface area (Å²) in [6, 6.07) is 0. The van der Waals surface area contributed by atoms with Crippen molar-refractivity contribution in [1.82, 2.24) is 4.98 Å². The third-order valence-corrected chi connectivity index (χ3v) is 3.90. The minimum absolute atomic E-state index is 0.187. The molecule has 0 spiro atoms. The van der Waals surface area contributed by atoms with Gasteiger partial charge in [-0.1, -0.05) is 6.92 Å². The van der Waals surface area contributed by atoms with Crippen LogP contribution in [-0.2, 0) is 24.1 Å². The number of rotatable bonds is 2. The molecule has 1 N–H and O–H groups in total. The number of fused-ring (bicyclic) bond motifs is 1. The Morgan fingerprint density at radius 3 is 3.14 bits per heavy atom. The van der Waals surface area contributed by atoms with Gasteiger partial charge in [-0.05, 0) is 25.7 Å². The number of hydrogen-bond donors (Lipinski definition) is 1. The Hall–Kier alpha value is -0.900. The van der Waals surface area contributed by atoms with Gasteiger partial charge in [0.05, 0.1) is 16.6 Å². The summed E-state index contributed by atoms with van der Waals surface area (Å²) < 4.78 is 0. The van der Waals surface area contributed by atoms with Crippen LogP contribution in [0.25, 0.3) is 0 Å². The summed E-state index contributed by atoms with van der Waals surface area (Å²) in [7, 11) is 0. The fourth-order valence-corrected chi connectivity index (χ4v) is 2.93. The van der Waals surface area contributed by atoms with Crippen molar-refractivity contribution in [2.75, 3.05) is 0 Å². The molecule has 1 aromatic heterocycles. The fourth-order valence-electron chi connectivity index (χ4n) is 1.79. The van der Waals surface area contributed by atoms with Gasteiger partial charge in [0.2, 0.25) is 0 Å². The van der Waals surface area contributed by atoms with E-state index in [4.69, 9.17) is 5.11 Å². The van der Waals surface area contributed by atoms with Crippen molar-refractivity contribution < 1.29 is 9.90 Å². The van der Waals surface area contributed by atoms with Gasteiger partial charge < -0.3 is 5.11 Å². The molecular formula is C10H13NO2S. The van der Waals surface area contributed by atoms with Crippen LogP contribution in [0.5, 0.6) is 0 Å². The van der Waals surface area contributed by atoms with Crippen molar-refractivity contribution in [3.05, 3.63) is 15.6 Å². The molecule has 1 aromatic rings. The van der Waals surface area contributed by atoms with E-state index in [0.717, 1.165) is 30.0 Å². The van der Waals surface area contributed by atoms with Gasteiger partial charge in [-0.15, -0.1) is 11.3 Å². The second-order valence-corrected chi connectivity index (χ2v) is 4.78. The van der Waals surface area contributed by atoms with Crippen LogP contribution in [0, 0.1) is 5.92 Å². The van der Waals surface area contributed by atoms with Crippen LogP contribution in [0.3, 0.4) is 0 Å². The van der Waals surface area contributed by atoms with Gasteiger partial charge in [-0.25, -0.2) is 4.98 Å². The van der Waals surface area contributed by atoms with Crippen LogP contribution in [0.2, 0.25) is 0 Å². The van der Waals surface area contributed by atoms with Crippen LogP contribution in [0.4, 0.5) is 0 Å². The van der Waals surface area contributed by atoms with Gasteiger partial charge in [0.15, 0.2) is 0 Å². The molecule has 1 aliphatic rings. The van der Waals surface area contributed by atoms with Crippen molar-refractivity contribution in [3.8, 4) is 0 Å². The smallest absolute Gasteiger partial charge is 0.306 e. The van der Waals surface area contributed by atoms with E-state index in [1.807, 2.05) is 0 Å². The van der Waals surface area contributed by atoms with E-state index in [1.165, 1.54) is 4.88 Å². The van der Waals surface area contributed by atoms with Crippen molar-refractivity contribution >= 4 is 17.3 Å². The predicted octanol–water partition coefficient (Wildman–Crippen LogP) is 1.90. The van der Waals surface area contributed by atoms with Gasteiger partial charge in [-0.3, -0.25) is 4.79 Å². The highest BCUT2D eigenvalue weighted by atomic mass is 32.1. The normalized spacial score (nSPS) is 20.5. The van der Waals surface area contributed by atoms with E-state index >= 15 is 0 Å². The number of nitrogens with zero attached hydrogens (tertiary/aromatic N) is 1. The number of carboxylic acid groups (broad SMARTS) is 1. The van der Waals surface area contributed by atoms with Crippen molar-refractivity contribution in [2.45, 2.75) is 32.6 Å². The van der Waals surface area contributed by atoms with Gasteiger partial charge >= 0.3 is 5.97 Å². The average Bonchev–Trinajstić information content (AvgIpc) is 2.58. The molecule has 1 heterocycles. The number of carboxylic acids is 1. The maximum Gasteiger partial charge on any atom is 0.306 e. The largest absolute Gasteiger partial charge is 0.481 e.